The van der Waals surface area contributed by atoms with Gasteiger partial charge in [0.1, 0.15) is 0 Å². The highest BCUT2D eigenvalue weighted by molar-refractivity contribution is 5.15. The molecule has 1 aliphatic heterocycles. The first-order valence-corrected chi connectivity index (χ1v) is 10.1. The summed E-state index contributed by atoms with van der Waals surface area (Å²) in [7, 11) is 0. The quantitative estimate of drug-likeness (QED) is 0.873. The maximum Gasteiger partial charge on any atom is 0.0233 e. The highest BCUT2D eigenvalue weighted by atomic mass is 15.2. The molecule has 0 radical (unpaired) electrons. The lowest BCUT2D eigenvalue weighted by atomic mass is 9.83. The zero-order chi connectivity index (χ0) is 16.4. The third-order valence-corrected chi connectivity index (χ3v) is 6.82. The molecule has 3 fully saturated rings. The molecule has 1 aromatic carbocycles. The predicted octanol–water partition coefficient (Wildman–Crippen LogP) is 3.00. The molecule has 0 aromatic heterocycles. The molecule has 3 nitrogen and oxygen atoms in total. The van der Waals surface area contributed by atoms with Gasteiger partial charge >= 0.3 is 0 Å². The summed E-state index contributed by atoms with van der Waals surface area (Å²) in [5.41, 5.74) is 7.49. The molecule has 4 rings (SSSR count). The lowest BCUT2D eigenvalue weighted by Gasteiger charge is -2.35. The lowest BCUT2D eigenvalue weighted by molar-refractivity contribution is 0.220. The van der Waals surface area contributed by atoms with E-state index in [-0.39, 0.29) is 0 Å². The van der Waals surface area contributed by atoms with Crippen LogP contribution in [0.1, 0.15) is 44.1 Å². The maximum atomic E-state index is 6.03. The Morgan fingerprint density at radius 2 is 1.79 bits per heavy atom. The summed E-state index contributed by atoms with van der Waals surface area (Å²) in [6.45, 7) is 4.55. The molecule has 3 heteroatoms. The molecule has 5 unspecified atom stereocenters. The average molecular weight is 328 g/mol. The van der Waals surface area contributed by atoms with E-state index in [1.54, 1.807) is 0 Å². The fourth-order valence-electron chi connectivity index (χ4n) is 5.52. The number of rotatable bonds is 5. The van der Waals surface area contributed by atoms with Crippen LogP contribution in [-0.2, 0) is 6.54 Å². The van der Waals surface area contributed by atoms with Gasteiger partial charge in [-0.1, -0.05) is 43.2 Å². The minimum Gasteiger partial charge on any atom is -0.330 e. The third kappa shape index (κ3) is 3.54. The van der Waals surface area contributed by atoms with Crippen molar-refractivity contribution in [2.75, 3.05) is 19.6 Å². The normalized spacial score (nSPS) is 36.8. The number of benzene rings is 1. The highest BCUT2D eigenvalue weighted by Gasteiger charge is 2.43. The second kappa shape index (κ2) is 7.55. The van der Waals surface area contributed by atoms with E-state index in [1.807, 2.05) is 0 Å². The van der Waals surface area contributed by atoms with Crippen LogP contribution >= 0.6 is 0 Å². The molecule has 2 aliphatic carbocycles. The molecule has 5 atom stereocenters. The van der Waals surface area contributed by atoms with E-state index in [0.717, 1.165) is 31.0 Å². The SMILES string of the molecule is NCC1CCCCC1NC1CCC2CN(Cc3ccccc3)CC21. The van der Waals surface area contributed by atoms with Crippen molar-refractivity contribution in [3.05, 3.63) is 35.9 Å². The molecule has 132 valence electrons. The van der Waals surface area contributed by atoms with Crippen molar-refractivity contribution < 1.29 is 0 Å². The van der Waals surface area contributed by atoms with Crippen molar-refractivity contribution in [2.45, 2.75) is 57.2 Å². The van der Waals surface area contributed by atoms with Crippen molar-refractivity contribution in [3.8, 4) is 0 Å². The van der Waals surface area contributed by atoms with Gasteiger partial charge in [0.25, 0.3) is 0 Å². The summed E-state index contributed by atoms with van der Waals surface area (Å²) in [5, 5.41) is 4.07. The Labute approximate surface area is 147 Å². The summed E-state index contributed by atoms with van der Waals surface area (Å²) in [6.07, 6.45) is 8.21. The van der Waals surface area contributed by atoms with Gasteiger partial charge in [-0.15, -0.1) is 0 Å². The van der Waals surface area contributed by atoms with Crippen molar-refractivity contribution in [3.63, 3.8) is 0 Å². The first-order chi connectivity index (χ1) is 11.8. The molecular formula is C21H33N3. The van der Waals surface area contributed by atoms with Crippen LogP contribution in [-0.4, -0.2) is 36.6 Å². The standard InChI is InChI=1S/C21H33N3/c22-12-17-8-4-5-9-20(17)23-21-11-10-18-14-24(15-19(18)21)13-16-6-2-1-3-7-16/h1-3,6-7,17-21,23H,4-5,8-15,22H2. The molecule has 0 spiro atoms. The zero-order valence-electron chi connectivity index (χ0n) is 14.9. The van der Waals surface area contributed by atoms with Crippen LogP contribution < -0.4 is 11.1 Å². The number of fused-ring (bicyclic) bond motifs is 1. The lowest BCUT2D eigenvalue weighted by Crippen LogP contribution is -2.48. The summed E-state index contributed by atoms with van der Waals surface area (Å²) in [6, 6.07) is 12.4. The molecule has 0 amide bonds. The Balaban J connectivity index is 1.34. The predicted molar refractivity (Wildman–Crippen MR) is 99.7 cm³/mol. The van der Waals surface area contributed by atoms with Crippen LogP contribution in [0.3, 0.4) is 0 Å². The number of likely N-dealkylation sites (tertiary alicyclic amines) is 1. The van der Waals surface area contributed by atoms with Crippen LogP contribution in [0, 0.1) is 17.8 Å². The Bertz CT molecular complexity index is 517. The van der Waals surface area contributed by atoms with Crippen molar-refractivity contribution in [1.82, 2.24) is 10.2 Å². The highest BCUT2D eigenvalue weighted by Crippen LogP contribution is 2.39. The van der Waals surface area contributed by atoms with Gasteiger partial charge in [-0.25, -0.2) is 0 Å². The third-order valence-electron chi connectivity index (χ3n) is 6.82. The van der Waals surface area contributed by atoms with Crippen molar-refractivity contribution in [2.24, 2.45) is 23.5 Å². The van der Waals surface area contributed by atoms with E-state index in [1.165, 1.54) is 57.2 Å². The van der Waals surface area contributed by atoms with Crippen LogP contribution in [0.25, 0.3) is 0 Å². The van der Waals surface area contributed by atoms with Gasteiger partial charge < -0.3 is 11.1 Å². The maximum absolute atomic E-state index is 6.03. The molecule has 24 heavy (non-hydrogen) atoms. The molecule has 0 bridgehead atoms. The van der Waals surface area contributed by atoms with Crippen LogP contribution in [0.15, 0.2) is 30.3 Å². The van der Waals surface area contributed by atoms with Gasteiger partial charge in [-0.3, -0.25) is 4.90 Å². The van der Waals surface area contributed by atoms with E-state index >= 15 is 0 Å². The second-order valence-corrected chi connectivity index (χ2v) is 8.34. The minimum atomic E-state index is 0.677. The van der Waals surface area contributed by atoms with Crippen LogP contribution in [0.4, 0.5) is 0 Å². The summed E-state index contributed by atoms with van der Waals surface area (Å²) in [5.74, 6) is 2.47. The Hall–Kier alpha value is -0.900. The van der Waals surface area contributed by atoms with Gasteiger partial charge in [0, 0.05) is 31.7 Å². The van der Waals surface area contributed by atoms with E-state index < -0.39 is 0 Å². The van der Waals surface area contributed by atoms with E-state index in [2.05, 4.69) is 40.5 Å². The van der Waals surface area contributed by atoms with E-state index in [9.17, 15) is 0 Å². The minimum absolute atomic E-state index is 0.677. The number of hydrogen-bond acceptors (Lipinski definition) is 3. The smallest absolute Gasteiger partial charge is 0.0233 e. The van der Waals surface area contributed by atoms with E-state index in [0.29, 0.717) is 12.0 Å². The van der Waals surface area contributed by atoms with Gasteiger partial charge in [0.05, 0.1) is 0 Å². The van der Waals surface area contributed by atoms with Gasteiger partial charge in [-0.05, 0) is 55.5 Å². The molecule has 3 N–H and O–H groups in total. The van der Waals surface area contributed by atoms with Crippen LogP contribution in [0.5, 0.6) is 0 Å². The largest absolute Gasteiger partial charge is 0.330 e. The summed E-state index contributed by atoms with van der Waals surface area (Å²) < 4.78 is 0. The second-order valence-electron chi connectivity index (χ2n) is 8.34. The van der Waals surface area contributed by atoms with E-state index in [4.69, 9.17) is 5.73 Å². The number of hydrogen-bond donors (Lipinski definition) is 2. The fraction of sp³-hybridized carbons (Fsp3) is 0.714. The first kappa shape index (κ1) is 16.6. The Morgan fingerprint density at radius 3 is 2.62 bits per heavy atom. The van der Waals surface area contributed by atoms with Gasteiger partial charge in [-0.2, -0.15) is 0 Å². The van der Waals surface area contributed by atoms with Gasteiger partial charge in [0.15, 0.2) is 0 Å². The fourth-order valence-corrected chi connectivity index (χ4v) is 5.52. The molecular weight excluding hydrogens is 294 g/mol. The molecule has 1 aromatic rings. The van der Waals surface area contributed by atoms with Crippen molar-refractivity contribution >= 4 is 0 Å². The summed E-state index contributed by atoms with van der Waals surface area (Å²) in [4.78, 5) is 2.68. The Morgan fingerprint density at radius 1 is 0.958 bits per heavy atom. The van der Waals surface area contributed by atoms with Crippen LogP contribution in [0.2, 0.25) is 0 Å². The molecule has 1 heterocycles. The average Bonchev–Trinajstić information content (AvgIpc) is 3.18. The zero-order valence-corrected chi connectivity index (χ0v) is 14.9. The van der Waals surface area contributed by atoms with Gasteiger partial charge in [0.2, 0.25) is 0 Å². The number of nitrogens with zero attached hydrogens (tertiary/aromatic N) is 1. The molecule has 1 saturated heterocycles. The molecule has 2 saturated carbocycles. The topological polar surface area (TPSA) is 41.3 Å². The van der Waals surface area contributed by atoms with Crippen molar-refractivity contribution in [1.29, 1.82) is 0 Å². The number of nitrogens with one attached hydrogen (secondary N) is 1. The Kier molecular flexibility index (Phi) is 5.21. The first-order valence-electron chi connectivity index (χ1n) is 10.1. The number of nitrogens with two attached hydrogens (primary N) is 1. The monoisotopic (exact) mass is 327 g/mol. The molecule has 3 aliphatic rings. The summed E-state index contributed by atoms with van der Waals surface area (Å²) >= 11 is 0.